The summed E-state index contributed by atoms with van der Waals surface area (Å²) in [6, 6.07) is 15.5. The van der Waals surface area contributed by atoms with Crippen molar-refractivity contribution in [1.29, 1.82) is 0 Å². The van der Waals surface area contributed by atoms with E-state index in [1.165, 1.54) is 5.56 Å². The molecule has 2 aromatic carbocycles. The smallest absolute Gasteiger partial charge is 0.253 e. The van der Waals surface area contributed by atoms with Gasteiger partial charge in [-0.1, -0.05) is 25.1 Å². The molecular weight excluding hydrogens is 366 g/mol. The lowest BCUT2D eigenvalue weighted by Gasteiger charge is -2.11. The van der Waals surface area contributed by atoms with Crippen molar-refractivity contribution in [2.24, 2.45) is 0 Å². The fourth-order valence-corrected chi connectivity index (χ4v) is 2.90. The van der Waals surface area contributed by atoms with Gasteiger partial charge in [0.05, 0.1) is 31.7 Å². The normalized spacial score (nSPS) is 10.3. The van der Waals surface area contributed by atoms with Gasteiger partial charge in [0, 0.05) is 18.4 Å². The van der Waals surface area contributed by atoms with Crippen molar-refractivity contribution in [3.63, 3.8) is 0 Å². The summed E-state index contributed by atoms with van der Waals surface area (Å²) < 4.78 is 10.5. The van der Waals surface area contributed by atoms with Gasteiger partial charge in [0.25, 0.3) is 5.91 Å². The van der Waals surface area contributed by atoms with Crippen LogP contribution in [0.5, 0.6) is 11.5 Å². The van der Waals surface area contributed by atoms with Gasteiger partial charge in [-0.05, 0) is 47.9 Å². The molecule has 0 fully saturated rings. The topological polar surface area (TPSA) is 72.5 Å². The Morgan fingerprint density at radius 1 is 0.897 bits per heavy atom. The number of pyridine rings is 1. The summed E-state index contributed by atoms with van der Waals surface area (Å²) in [5.41, 5.74) is 4.38. The lowest BCUT2D eigenvalue weighted by Crippen LogP contribution is -2.23. The number of aryl methyl sites for hydroxylation is 1. The number of nitrogens with one attached hydrogen (secondary N) is 2. The minimum atomic E-state index is -0.197. The molecule has 1 amide bonds. The zero-order valence-electron chi connectivity index (χ0n) is 16.9. The fraction of sp³-hybridized carbons (Fsp3) is 0.217. The van der Waals surface area contributed by atoms with Gasteiger partial charge in [-0.25, -0.2) is 0 Å². The molecule has 3 aromatic rings. The van der Waals surface area contributed by atoms with E-state index in [-0.39, 0.29) is 5.91 Å². The molecule has 0 atom stereocenters. The van der Waals surface area contributed by atoms with Crippen LogP contribution in [0.4, 0.5) is 11.4 Å². The van der Waals surface area contributed by atoms with E-state index in [1.807, 2.05) is 30.3 Å². The molecule has 0 saturated carbocycles. The summed E-state index contributed by atoms with van der Waals surface area (Å²) in [7, 11) is 3.17. The van der Waals surface area contributed by atoms with E-state index in [4.69, 9.17) is 9.47 Å². The van der Waals surface area contributed by atoms with E-state index in [9.17, 15) is 4.79 Å². The van der Waals surface area contributed by atoms with Gasteiger partial charge in [0.1, 0.15) is 0 Å². The Morgan fingerprint density at radius 2 is 1.62 bits per heavy atom. The van der Waals surface area contributed by atoms with Crippen molar-refractivity contribution < 1.29 is 14.3 Å². The van der Waals surface area contributed by atoms with Gasteiger partial charge in [0.15, 0.2) is 11.5 Å². The van der Waals surface area contributed by atoms with Gasteiger partial charge in [-0.3, -0.25) is 9.78 Å². The van der Waals surface area contributed by atoms with Gasteiger partial charge >= 0.3 is 0 Å². The Kier molecular flexibility index (Phi) is 6.68. The summed E-state index contributed by atoms with van der Waals surface area (Å²) in [5.74, 6) is 1.08. The monoisotopic (exact) mass is 391 g/mol. The molecule has 6 heteroatoms. The molecule has 0 radical (unpaired) electrons. The second kappa shape index (κ2) is 9.59. The Hall–Kier alpha value is -3.54. The number of carbonyl (C=O) groups excluding carboxylic acids is 1. The molecule has 29 heavy (non-hydrogen) atoms. The van der Waals surface area contributed by atoms with E-state index >= 15 is 0 Å². The van der Waals surface area contributed by atoms with Crippen LogP contribution in [0.1, 0.15) is 28.4 Å². The highest BCUT2D eigenvalue weighted by Crippen LogP contribution is 2.27. The maximum atomic E-state index is 12.5. The van der Waals surface area contributed by atoms with Crippen LogP contribution < -0.4 is 20.1 Å². The van der Waals surface area contributed by atoms with Gasteiger partial charge in [0.2, 0.25) is 0 Å². The van der Waals surface area contributed by atoms with Gasteiger partial charge in [-0.2, -0.15) is 0 Å². The van der Waals surface area contributed by atoms with Crippen LogP contribution in [0.15, 0.2) is 60.9 Å². The van der Waals surface area contributed by atoms with E-state index in [1.54, 1.807) is 32.7 Å². The predicted molar refractivity (Wildman–Crippen MR) is 114 cm³/mol. The third-order valence-electron chi connectivity index (χ3n) is 4.55. The van der Waals surface area contributed by atoms with Crippen LogP contribution in [-0.4, -0.2) is 25.1 Å². The first-order valence-electron chi connectivity index (χ1n) is 9.43. The second-order valence-corrected chi connectivity index (χ2v) is 6.51. The number of hydrogen-bond donors (Lipinski definition) is 2. The number of rotatable bonds is 8. The number of ether oxygens (including phenoxy) is 2. The molecule has 3 rings (SSSR count). The summed E-state index contributed by atoms with van der Waals surface area (Å²) in [6.45, 7) is 2.49. The predicted octanol–water partition coefficient (Wildman–Crippen LogP) is 4.33. The van der Waals surface area contributed by atoms with E-state index in [0.717, 1.165) is 23.4 Å². The average molecular weight is 391 g/mol. The number of benzene rings is 2. The summed E-state index contributed by atoms with van der Waals surface area (Å²) >= 11 is 0. The van der Waals surface area contributed by atoms with Crippen molar-refractivity contribution in [3.05, 3.63) is 77.6 Å². The first-order valence-corrected chi connectivity index (χ1v) is 9.43. The lowest BCUT2D eigenvalue weighted by molar-refractivity contribution is 0.0950. The zero-order valence-corrected chi connectivity index (χ0v) is 16.9. The van der Waals surface area contributed by atoms with Crippen molar-refractivity contribution in [2.45, 2.75) is 19.9 Å². The Labute approximate surface area is 170 Å². The Morgan fingerprint density at radius 3 is 2.31 bits per heavy atom. The Bertz CT molecular complexity index is 971. The molecule has 0 spiro atoms. The molecule has 150 valence electrons. The maximum Gasteiger partial charge on any atom is 0.253 e. The number of carbonyl (C=O) groups is 1. The van der Waals surface area contributed by atoms with E-state index < -0.39 is 0 Å². The van der Waals surface area contributed by atoms with Crippen LogP contribution >= 0.6 is 0 Å². The van der Waals surface area contributed by atoms with E-state index in [2.05, 4.69) is 34.7 Å². The highest BCUT2D eigenvalue weighted by molar-refractivity contribution is 5.94. The van der Waals surface area contributed by atoms with Crippen molar-refractivity contribution in [3.8, 4) is 11.5 Å². The van der Waals surface area contributed by atoms with Crippen LogP contribution in [-0.2, 0) is 13.0 Å². The molecule has 0 bridgehead atoms. The highest BCUT2D eigenvalue weighted by Gasteiger charge is 2.09. The summed E-state index contributed by atoms with van der Waals surface area (Å²) in [6.07, 6.45) is 4.24. The SMILES string of the molecule is CCc1ccc(Nc2cncc(C(=O)NCc3ccc(OC)c(OC)c3)c2)cc1. The molecule has 0 aliphatic carbocycles. The average Bonchev–Trinajstić information content (AvgIpc) is 2.78. The number of amides is 1. The first kappa shape index (κ1) is 20.2. The third-order valence-corrected chi connectivity index (χ3v) is 4.55. The maximum absolute atomic E-state index is 12.5. The highest BCUT2D eigenvalue weighted by atomic mass is 16.5. The van der Waals surface area contributed by atoms with Gasteiger partial charge in [-0.15, -0.1) is 0 Å². The molecular formula is C23H25N3O3. The minimum Gasteiger partial charge on any atom is -0.493 e. The second-order valence-electron chi connectivity index (χ2n) is 6.51. The number of anilines is 2. The largest absolute Gasteiger partial charge is 0.493 e. The van der Waals surface area contributed by atoms with Gasteiger partial charge < -0.3 is 20.1 Å². The number of nitrogens with zero attached hydrogens (tertiary/aromatic N) is 1. The van der Waals surface area contributed by atoms with Crippen LogP contribution in [0, 0.1) is 0 Å². The Balaban J connectivity index is 1.64. The molecule has 0 aliphatic rings. The standard InChI is InChI=1S/C23H25N3O3/c1-4-16-5-8-19(9-6-16)26-20-12-18(14-24-15-20)23(27)25-13-17-7-10-21(28-2)22(11-17)29-3/h5-12,14-15,26H,4,13H2,1-3H3,(H,25,27). The molecule has 0 unspecified atom stereocenters. The minimum absolute atomic E-state index is 0.197. The number of methoxy groups -OCH3 is 2. The molecule has 6 nitrogen and oxygen atoms in total. The van der Waals surface area contributed by atoms with Crippen molar-refractivity contribution in [2.75, 3.05) is 19.5 Å². The van der Waals surface area contributed by atoms with Crippen LogP contribution in [0.25, 0.3) is 0 Å². The number of aromatic nitrogens is 1. The lowest BCUT2D eigenvalue weighted by atomic mass is 10.1. The summed E-state index contributed by atoms with van der Waals surface area (Å²) in [4.78, 5) is 16.7. The fourth-order valence-electron chi connectivity index (χ4n) is 2.90. The van der Waals surface area contributed by atoms with Crippen LogP contribution in [0.2, 0.25) is 0 Å². The molecule has 1 heterocycles. The van der Waals surface area contributed by atoms with Crippen molar-refractivity contribution >= 4 is 17.3 Å². The molecule has 0 saturated heterocycles. The summed E-state index contributed by atoms with van der Waals surface area (Å²) in [5, 5.41) is 6.19. The number of hydrogen-bond acceptors (Lipinski definition) is 5. The van der Waals surface area contributed by atoms with Crippen molar-refractivity contribution in [1.82, 2.24) is 10.3 Å². The van der Waals surface area contributed by atoms with E-state index in [0.29, 0.717) is 23.6 Å². The zero-order chi connectivity index (χ0) is 20.6. The van der Waals surface area contributed by atoms with Crippen LogP contribution in [0.3, 0.4) is 0 Å². The molecule has 1 aromatic heterocycles. The quantitative estimate of drug-likeness (QED) is 0.598. The molecule has 0 aliphatic heterocycles. The third kappa shape index (κ3) is 5.25. The first-order chi connectivity index (χ1) is 14.1. The molecule has 2 N–H and O–H groups in total.